The van der Waals surface area contributed by atoms with Crippen LogP contribution >= 0.6 is 0 Å². The molecule has 1 N–H and O–H groups in total. The molecule has 0 aliphatic carbocycles. The molecule has 19 heavy (non-hydrogen) atoms. The van der Waals surface area contributed by atoms with Gasteiger partial charge in [-0.1, -0.05) is 29.8 Å². The van der Waals surface area contributed by atoms with Gasteiger partial charge in [0.05, 0.1) is 5.69 Å². The highest BCUT2D eigenvalue weighted by molar-refractivity contribution is 5.69. The van der Waals surface area contributed by atoms with Crippen LogP contribution in [0.5, 0.6) is 0 Å². The maximum absolute atomic E-state index is 10.7. The molecule has 0 saturated heterocycles. The Hall–Kier alpha value is -2.10. The van der Waals surface area contributed by atoms with E-state index in [2.05, 4.69) is 30.1 Å². The Morgan fingerprint density at radius 3 is 2.79 bits per heavy atom. The van der Waals surface area contributed by atoms with E-state index in [1.807, 2.05) is 6.07 Å². The van der Waals surface area contributed by atoms with Gasteiger partial charge in [0.15, 0.2) is 5.89 Å². The number of hydrogen-bond acceptors (Lipinski definition) is 3. The molecule has 0 bridgehead atoms. The summed E-state index contributed by atoms with van der Waals surface area (Å²) in [4.78, 5) is 14.9. The van der Waals surface area contributed by atoms with E-state index in [-0.39, 0.29) is 6.42 Å². The maximum atomic E-state index is 10.7. The van der Waals surface area contributed by atoms with E-state index in [0.717, 1.165) is 6.42 Å². The Labute approximate surface area is 112 Å². The van der Waals surface area contributed by atoms with Crippen LogP contribution in [0.25, 0.3) is 0 Å². The Balaban J connectivity index is 2.02. The molecule has 4 nitrogen and oxygen atoms in total. The molecular weight excluding hydrogens is 242 g/mol. The zero-order chi connectivity index (χ0) is 13.8. The topological polar surface area (TPSA) is 63.3 Å². The second kappa shape index (κ2) is 5.69. The first-order valence-electron chi connectivity index (χ1n) is 6.27. The Kier molecular flexibility index (Phi) is 4.00. The predicted octanol–water partition coefficient (Wildman–Crippen LogP) is 2.70. The molecule has 4 heteroatoms. The quantitative estimate of drug-likeness (QED) is 0.896. The molecule has 2 rings (SSSR count). The van der Waals surface area contributed by atoms with Crippen molar-refractivity contribution in [3.05, 3.63) is 52.7 Å². The second-order valence-corrected chi connectivity index (χ2v) is 4.68. The van der Waals surface area contributed by atoms with Crippen molar-refractivity contribution in [1.29, 1.82) is 0 Å². The number of nitrogens with zero attached hydrogens (tertiary/aromatic N) is 1. The molecule has 100 valence electrons. The third kappa shape index (κ3) is 3.68. The third-order valence-corrected chi connectivity index (χ3v) is 2.96. The number of rotatable bonds is 5. The molecule has 1 heterocycles. The SMILES string of the molecule is Cc1cccc(CCc2nc(C)c(CC(=O)O)o2)c1. The first kappa shape index (κ1) is 13.3. The largest absolute Gasteiger partial charge is 0.481 e. The van der Waals surface area contributed by atoms with E-state index in [4.69, 9.17) is 9.52 Å². The summed E-state index contributed by atoms with van der Waals surface area (Å²) in [7, 11) is 0. The zero-order valence-electron chi connectivity index (χ0n) is 11.1. The zero-order valence-corrected chi connectivity index (χ0v) is 11.1. The minimum Gasteiger partial charge on any atom is -0.481 e. The fourth-order valence-corrected chi connectivity index (χ4v) is 2.02. The van der Waals surface area contributed by atoms with Gasteiger partial charge in [-0.2, -0.15) is 0 Å². The van der Waals surface area contributed by atoms with Crippen molar-refractivity contribution in [1.82, 2.24) is 4.98 Å². The van der Waals surface area contributed by atoms with Gasteiger partial charge in [-0.3, -0.25) is 4.79 Å². The van der Waals surface area contributed by atoms with Crippen LogP contribution in [0.15, 0.2) is 28.7 Å². The van der Waals surface area contributed by atoms with Gasteiger partial charge >= 0.3 is 5.97 Å². The number of hydrogen-bond donors (Lipinski definition) is 1. The van der Waals surface area contributed by atoms with Crippen LogP contribution in [0.1, 0.15) is 28.5 Å². The number of carboxylic acids is 1. The van der Waals surface area contributed by atoms with Gasteiger partial charge in [0.1, 0.15) is 12.2 Å². The van der Waals surface area contributed by atoms with Crippen LogP contribution in [0, 0.1) is 13.8 Å². The smallest absolute Gasteiger partial charge is 0.311 e. The van der Waals surface area contributed by atoms with Gasteiger partial charge in [0.25, 0.3) is 0 Å². The van der Waals surface area contributed by atoms with Gasteiger partial charge in [-0.25, -0.2) is 4.98 Å². The highest BCUT2D eigenvalue weighted by Crippen LogP contribution is 2.14. The maximum Gasteiger partial charge on any atom is 0.311 e. The van der Waals surface area contributed by atoms with Crippen molar-refractivity contribution in [3.8, 4) is 0 Å². The summed E-state index contributed by atoms with van der Waals surface area (Å²) in [6.07, 6.45) is 1.42. The molecule has 1 aromatic heterocycles. The summed E-state index contributed by atoms with van der Waals surface area (Å²) >= 11 is 0. The molecule has 0 amide bonds. The van der Waals surface area contributed by atoms with Crippen molar-refractivity contribution in [2.24, 2.45) is 0 Å². The summed E-state index contributed by atoms with van der Waals surface area (Å²) < 4.78 is 5.49. The van der Waals surface area contributed by atoms with E-state index in [0.29, 0.717) is 23.8 Å². The highest BCUT2D eigenvalue weighted by atomic mass is 16.4. The molecule has 0 spiro atoms. The molecule has 0 aliphatic heterocycles. The van der Waals surface area contributed by atoms with Crippen molar-refractivity contribution < 1.29 is 14.3 Å². The first-order valence-corrected chi connectivity index (χ1v) is 6.27. The highest BCUT2D eigenvalue weighted by Gasteiger charge is 2.12. The van der Waals surface area contributed by atoms with E-state index in [1.165, 1.54) is 11.1 Å². The second-order valence-electron chi connectivity index (χ2n) is 4.68. The Morgan fingerprint density at radius 1 is 1.32 bits per heavy atom. The number of carbonyl (C=O) groups is 1. The lowest BCUT2D eigenvalue weighted by Crippen LogP contribution is -1.99. The lowest BCUT2D eigenvalue weighted by Gasteiger charge is -2.00. The van der Waals surface area contributed by atoms with Crippen LogP contribution in [-0.2, 0) is 24.1 Å². The molecule has 0 atom stereocenters. The van der Waals surface area contributed by atoms with E-state index >= 15 is 0 Å². The number of carboxylic acid groups (broad SMARTS) is 1. The van der Waals surface area contributed by atoms with Gasteiger partial charge in [-0.05, 0) is 25.8 Å². The Bertz CT molecular complexity index is 587. The van der Waals surface area contributed by atoms with E-state index < -0.39 is 5.97 Å². The van der Waals surface area contributed by atoms with Crippen molar-refractivity contribution in [2.45, 2.75) is 33.1 Å². The summed E-state index contributed by atoms with van der Waals surface area (Å²) in [5.41, 5.74) is 3.13. The summed E-state index contributed by atoms with van der Waals surface area (Å²) in [5.74, 6) is 0.159. The van der Waals surface area contributed by atoms with Crippen molar-refractivity contribution in [3.63, 3.8) is 0 Å². The van der Waals surface area contributed by atoms with Crippen molar-refractivity contribution in [2.75, 3.05) is 0 Å². The summed E-state index contributed by atoms with van der Waals surface area (Å²) in [6.45, 7) is 3.84. The number of aromatic nitrogens is 1. The fraction of sp³-hybridized carbons (Fsp3) is 0.333. The van der Waals surface area contributed by atoms with Gasteiger partial charge in [0, 0.05) is 6.42 Å². The molecular formula is C15H17NO3. The molecule has 2 aromatic rings. The van der Waals surface area contributed by atoms with E-state index in [1.54, 1.807) is 6.92 Å². The summed E-state index contributed by atoms with van der Waals surface area (Å²) in [6, 6.07) is 8.29. The standard InChI is InChI=1S/C15H17NO3/c1-10-4-3-5-12(8-10)6-7-14-16-11(2)13(19-14)9-15(17)18/h3-5,8H,6-7,9H2,1-2H3,(H,17,18). The number of oxazole rings is 1. The third-order valence-electron chi connectivity index (χ3n) is 2.96. The molecule has 1 aromatic carbocycles. The van der Waals surface area contributed by atoms with Gasteiger partial charge < -0.3 is 9.52 Å². The molecule has 0 radical (unpaired) electrons. The normalized spacial score (nSPS) is 10.6. The van der Waals surface area contributed by atoms with Crippen LogP contribution in [0.2, 0.25) is 0 Å². The van der Waals surface area contributed by atoms with Crippen LogP contribution in [-0.4, -0.2) is 16.1 Å². The molecule has 0 fully saturated rings. The first-order chi connectivity index (χ1) is 9.04. The molecule has 0 aliphatic rings. The lowest BCUT2D eigenvalue weighted by molar-refractivity contribution is -0.136. The van der Waals surface area contributed by atoms with Crippen LogP contribution < -0.4 is 0 Å². The number of aryl methyl sites for hydroxylation is 4. The minimum atomic E-state index is -0.899. The number of benzene rings is 1. The lowest BCUT2D eigenvalue weighted by atomic mass is 10.1. The molecule has 0 unspecified atom stereocenters. The van der Waals surface area contributed by atoms with Crippen LogP contribution in [0.4, 0.5) is 0 Å². The van der Waals surface area contributed by atoms with E-state index in [9.17, 15) is 4.79 Å². The Morgan fingerprint density at radius 2 is 2.11 bits per heavy atom. The average molecular weight is 259 g/mol. The van der Waals surface area contributed by atoms with Gasteiger partial charge in [-0.15, -0.1) is 0 Å². The minimum absolute atomic E-state index is 0.108. The van der Waals surface area contributed by atoms with Crippen molar-refractivity contribution >= 4 is 5.97 Å². The average Bonchev–Trinajstić information content (AvgIpc) is 2.67. The predicted molar refractivity (Wildman–Crippen MR) is 71.2 cm³/mol. The monoisotopic (exact) mass is 259 g/mol. The summed E-state index contributed by atoms with van der Waals surface area (Å²) in [5, 5.41) is 8.75. The van der Waals surface area contributed by atoms with Crippen LogP contribution in [0.3, 0.4) is 0 Å². The fourth-order valence-electron chi connectivity index (χ4n) is 2.02. The van der Waals surface area contributed by atoms with Gasteiger partial charge in [0.2, 0.25) is 0 Å². The molecule has 0 saturated carbocycles. The number of aliphatic carboxylic acids is 1.